The van der Waals surface area contributed by atoms with E-state index in [4.69, 9.17) is 5.11 Å². The molecule has 106 valence electrons. The highest BCUT2D eigenvalue weighted by molar-refractivity contribution is 6.23. The van der Waals surface area contributed by atoms with E-state index in [1.807, 2.05) is 13.8 Å². The number of urea groups is 1. The molecule has 6 nitrogen and oxygen atoms in total. The number of aliphatic carboxylic acids is 1. The molecule has 0 bridgehead atoms. The summed E-state index contributed by atoms with van der Waals surface area (Å²) in [5, 5.41) is 8.90. The van der Waals surface area contributed by atoms with Crippen molar-refractivity contribution >= 4 is 23.6 Å². The average molecular weight is 276 g/mol. The van der Waals surface area contributed by atoms with Gasteiger partial charge < -0.3 is 5.11 Å². The Bertz CT molecular complexity index is 558. The number of imide groups is 1. The minimum absolute atomic E-state index is 0.0243. The number of carboxylic acids is 1. The molecule has 1 unspecified atom stereocenters. The van der Waals surface area contributed by atoms with Crippen LogP contribution >= 0.6 is 0 Å². The second kappa shape index (κ2) is 5.40. The lowest BCUT2D eigenvalue weighted by Gasteiger charge is -2.29. The average Bonchev–Trinajstić information content (AvgIpc) is 2.37. The van der Waals surface area contributed by atoms with Crippen LogP contribution in [-0.4, -0.2) is 40.2 Å². The van der Waals surface area contributed by atoms with E-state index in [2.05, 4.69) is 4.99 Å². The van der Waals surface area contributed by atoms with E-state index in [1.54, 1.807) is 0 Å². The van der Waals surface area contributed by atoms with Gasteiger partial charge in [-0.1, -0.05) is 26.0 Å². The van der Waals surface area contributed by atoms with Crippen molar-refractivity contribution in [2.75, 3.05) is 6.54 Å². The third-order valence-electron chi connectivity index (χ3n) is 3.25. The first-order valence-corrected chi connectivity index (χ1v) is 6.47. The van der Waals surface area contributed by atoms with E-state index in [0.717, 1.165) is 11.3 Å². The smallest absolute Gasteiger partial charge is 0.350 e. The van der Waals surface area contributed by atoms with E-state index in [-0.39, 0.29) is 17.2 Å². The van der Waals surface area contributed by atoms with Gasteiger partial charge >= 0.3 is 12.0 Å². The number of amides is 3. The first-order chi connectivity index (χ1) is 9.40. The zero-order valence-corrected chi connectivity index (χ0v) is 11.4. The number of hydrogen-bond donors (Lipinski definition) is 1. The van der Waals surface area contributed by atoms with Gasteiger partial charge in [-0.25, -0.2) is 9.59 Å². The van der Waals surface area contributed by atoms with Crippen molar-refractivity contribution in [2.24, 2.45) is 16.8 Å². The molecule has 6 heteroatoms. The van der Waals surface area contributed by atoms with Gasteiger partial charge in [-0.3, -0.25) is 9.69 Å². The quantitative estimate of drug-likeness (QED) is 0.845. The van der Waals surface area contributed by atoms with Crippen LogP contribution in [0, 0.1) is 11.8 Å². The summed E-state index contributed by atoms with van der Waals surface area (Å²) < 4.78 is 0. The van der Waals surface area contributed by atoms with Crippen LogP contribution in [0.2, 0.25) is 0 Å². The summed E-state index contributed by atoms with van der Waals surface area (Å²) in [5.41, 5.74) is 0.233. The van der Waals surface area contributed by atoms with E-state index >= 15 is 0 Å². The van der Waals surface area contributed by atoms with Crippen LogP contribution in [0.1, 0.15) is 20.3 Å². The number of carbonyl (C=O) groups excluding carboxylic acids is 2. The highest BCUT2D eigenvalue weighted by atomic mass is 16.4. The van der Waals surface area contributed by atoms with Crippen molar-refractivity contribution in [3.05, 3.63) is 23.8 Å². The summed E-state index contributed by atoms with van der Waals surface area (Å²) in [5.74, 6) is -1.72. The Morgan fingerprint density at radius 3 is 2.75 bits per heavy atom. The first kappa shape index (κ1) is 14.2. The lowest BCUT2D eigenvalue weighted by atomic mass is 9.92. The monoisotopic (exact) mass is 276 g/mol. The van der Waals surface area contributed by atoms with Crippen molar-refractivity contribution in [1.82, 2.24) is 4.90 Å². The third kappa shape index (κ3) is 2.68. The maximum atomic E-state index is 12.3. The highest BCUT2D eigenvalue weighted by Gasteiger charge is 2.36. The van der Waals surface area contributed by atoms with Crippen molar-refractivity contribution in [3.8, 4) is 0 Å². The predicted molar refractivity (Wildman–Crippen MR) is 72.3 cm³/mol. The summed E-state index contributed by atoms with van der Waals surface area (Å²) in [6.45, 7) is 4.36. The Labute approximate surface area is 116 Å². The molecule has 0 saturated carbocycles. The summed E-state index contributed by atoms with van der Waals surface area (Å²) in [7, 11) is 0. The molecular formula is C14H16N2O4. The Kier molecular flexibility index (Phi) is 3.83. The van der Waals surface area contributed by atoms with E-state index in [0.29, 0.717) is 12.5 Å². The van der Waals surface area contributed by atoms with Crippen LogP contribution in [0.4, 0.5) is 4.79 Å². The molecular weight excluding hydrogens is 260 g/mol. The Morgan fingerprint density at radius 2 is 2.15 bits per heavy atom. The molecule has 0 fully saturated rings. The number of nitrogens with zero attached hydrogens (tertiary/aromatic N) is 2. The molecule has 1 atom stereocenters. The van der Waals surface area contributed by atoms with Gasteiger partial charge in [-0.15, -0.1) is 0 Å². The van der Waals surface area contributed by atoms with Crippen LogP contribution in [0.15, 0.2) is 28.8 Å². The van der Waals surface area contributed by atoms with Crippen LogP contribution in [-0.2, 0) is 9.59 Å². The van der Waals surface area contributed by atoms with Gasteiger partial charge in [-0.2, -0.15) is 4.99 Å². The largest absolute Gasteiger partial charge is 0.478 e. The number of carboxylic acid groups (broad SMARTS) is 1. The molecule has 1 aliphatic heterocycles. The summed E-state index contributed by atoms with van der Waals surface area (Å²) in [6.07, 6.45) is 4.86. The van der Waals surface area contributed by atoms with Crippen molar-refractivity contribution in [3.63, 3.8) is 0 Å². The molecule has 1 heterocycles. The molecule has 1 N–H and O–H groups in total. The second-order valence-electron chi connectivity index (χ2n) is 5.23. The van der Waals surface area contributed by atoms with Crippen molar-refractivity contribution in [1.29, 1.82) is 0 Å². The SMILES string of the molecule is CC(C)CCN1C(=O)N=C2C=C(C(=O)O)C=CC2C1=O. The summed E-state index contributed by atoms with van der Waals surface area (Å²) in [6, 6.07) is -0.613. The molecule has 0 saturated heterocycles. The van der Waals surface area contributed by atoms with Crippen LogP contribution < -0.4 is 0 Å². The number of carbonyl (C=O) groups is 3. The molecule has 1 aliphatic carbocycles. The fourth-order valence-electron chi connectivity index (χ4n) is 2.07. The molecule has 0 aromatic rings. The number of hydrogen-bond acceptors (Lipinski definition) is 3. The van der Waals surface area contributed by atoms with E-state index in [9.17, 15) is 14.4 Å². The predicted octanol–water partition coefficient (Wildman–Crippen LogP) is 1.63. The second-order valence-corrected chi connectivity index (χ2v) is 5.23. The number of aliphatic imine (C=N–C) groups is 1. The van der Waals surface area contributed by atoms with Gasteiger partial charge in [0.05, 0.1) is 17.2 Å². The Balaban J connectivity index is 2.24. The minimum atomic E-state index is -1.11. The summed E-state index contributed by atoms with van der Waals surface area (Å²) in [4.78, 5) is 40.0. The molecule has 2 aliphatic rings. The molecule has 0 radical (unpaired) electrons. The maximum Gasteiger partial charge on any atom is 0.350 e. The fraction of sp³-hybridized carbons (Fsp3) is 0.429. The van der Waals surface area contributed by atoms with Gasteiger partial charge in [0.25, 0.3) is 0 Å². The first-order valence-electron chi connectivity index (χ1n) is 6.47. The maximum absolute atomic E-state index is 12.3. The molecule has 0 spiro atoms. The minimum Gasteiger partial charge on any atom is -0.478 e. The zero-order valence-electron chi connectivity index (χ0n) is 11.4. The molecule has 3 amide bonds. The fourth-order valence-corrected chi connectivity index (χ4v) is 2.07. The van der Waals surface area contributed by atoms with Gasteiger partial charge in [0.15, 0.2) is 0 Å². The lowest BCUT2D eigenvalue weighted by Crippen LogP contribution is -2.46. The zero-order chi connectivity index (χ0) is 14.9. The molecule has 2 rings (SSSR count). The van der Waals surface area contributed by atoms with E-state index in [1.165, 1.54) is 18.2 Å². The van der Waals surface area contributed by atoms with Gasteiger partial charge in [0.2, 0.25) is 5.91 Å². The number of fused-ring (bicyclic) bond motifs is 1. The lowest BCUT2D eigenvalue weighted by molar-refractivity contribution is -0.132. The standard InChI is InChI=1S/C14H16N2O4/c1-8(2)5-6-16-12(17)10-4-3-9(13(18)19)7-11(10)15-14(16)20/h3-4,7-8,10H,5-6H2,1-2H3,(H,18,19). The van der Waals surface area contributed by atoms with Crippen molar-refractivity contribution < 1.29 is 19.5 Å². The van der Waals surface area contributed by atoms with Crippen LogP contribution in [0.3, 0.4) is 0 Å². The Hall–Kier alpha value is -2.24. The van der Waals surface area contributed by atoms with Crippen LogP contribution in [0.25, 0.3) is 0 Å². The number of allylic oxidation sites excluding steroid dienone is 1. The summed E-state index contributed by atoms with van der Waals surface area (Å²) >= 11 is 0. The van der Waals surface area contributed by atoms with Gasteiger partial charge in [0.1, 0.15) is 0 Å². The van der Waals surface area contributed by atoms with E-state index < -0.39 is 17.9 Å². The molecule has 20 heavy (non-hydrogen) atoms. The van der Waals surface area contributed by atoms with Crippen LogP contribution in [0.5, 0.6) is 0 Å². The third-order valence-corrected chi connectivity index (χ3v) is 3.25. The normalized spacial score (nSPS) is 21.8. The molecule has 0 aromatic carbocycles. The number of rotatable bonds is 4. The topological polar surface area (TPSA) is 87.0 Å². The van der Waals surface area contributed by atoms with Crippen molar-refractivity contribution in [2.45, 2.75) is 20.3 Å². The van der Waals surface area contributed by atoms with Gasteiger partial charge in [-0.05, 0) is 18.4 Å². The Morgan fingerprint density at radius 1 is 1.45 bits per heavy atom. The molecule has 0 aromatic heterocycles. The highest BCUT2D eigenvalue weighted by Crippen LogP contribution is 2.22. The van der Waals surface area contributed by atoms with Gasteiger partial charge in [0, 0.05) is 6.54 Å².